The van der Waals surface area contributed by atoms with Gasteiger partial charge in [-0.1, -0.05) is 5.92 Å². The molecule has 0 unspecified atom stereocenters. The largest absolute Gasteiger partial charge is 0.378 e. The monoisotopic (exact) mass is 295 g/mol. The zero-order valence-electron chi connectivity index (χ0n) is 10.9. The van der Waals surface area contributed by atoms with Gasteiger partial charge in [0.05, 0.1) is 26.9 Å². The van der Waals surface area contributed by atoms with Gasteiger partial charge >= 0.3 is 0 Å². The van der Waals surface area contributed by atoms with Gasteiger partial charge in [0.2, 0.25) is 0 Å². The normalized spacial score (nSPS) is 10.4. The Bertz CT molecular complexity index is 659. The lowest BCUT2D eigenvalue weighted by Gasteiger charge is -2.06. The van der Waals surface area contributed by atoms with Crippen molar-refractivity contribution in [2.45, 2.75) is 19.4 Å². The summed E-state index contributed by atoms with van der Waals surface area (Å²) in [7, 11) is 0. The van der Waals surface area contributed by atoms with Gasteiger partial charge in [-0.3, -0.25) is 30.3 Å². The Hall–Kier alpha value is -3.06. The summed E-state index contributed by atoms with van der Waals surface area (Å²) in [6, 6.07) is 1.17. The van der Waals surface area contributed by atoms with Gasteiger partial charge in [0.15, 0.2) is 5.56 Å². The van der Waals surface area contributed by atoms with Crippen molar-refractivity contribution in [1.29, 1.82) is 0 Å². The number of hydrogen-bond acceptors (Lipinski definition) is 7. The average molecular weight is 295 g/mol. The van der Waals surface area contributed by atoms with Crippen LogP contribution in [0.4, 0.5) is 17.1 Å². The molecule has 0 saturated carbocycles. The summed E-state index contributed by atoms with van der Waals surface area (Å²) in [4.78, 5) is 29.5. The Labute approximate surface area is 117 Å². The molecule has 1 aromatic carbocycles. The first kappa shape index (κ1) is 16.0. The predicted molar refractivity (Wildman–Crippen MR) is 69.6 cm³/mol. The average Bonchev–Trinajstić information content (AvgIpc) is 2.33. The van der Waals surface area contributed by atoms with Gasteiger partial charge in [0.25, 0.3) is 17.1 Å². The number of hydrogen-bond donors (Lipinski definition) is 1. The Morgan fingerprint density at radius 3 is 1.71 bits per heavy atom. The van der Waals surface area contributed by atoms with E-state index in [4.69, 9.17) is 0 Å². The molecule has 0 spiro atoms. The Kier molecular flexibility index (Phi) is 4.20. The summed E-state index contributed by atoms with van der Waals surface area (Å²) in [5.41, 5.74) is -4.66. The lowest BCUT2D eigenvalue weighted by Crippen LogP contribution is -2.14. The highest BCUT2D eigenvalue weighted by Gasteiger charge is 2.29. The highest BCUT2D eigenvalue weighted by atomic mass is 16.6. The molecule has 0 radical (unpaired) electrons. The number of nitro groups is 3. The highest BCUT2D eigenvalue weighted by Crippen LogP contribution is 2.33. The molecule has 1 aromatic rings. The maximum absolute atomic E-state index is 10.9. The number of aliphatic hydroxyl groups is 1. The van der Waals surface area contributed by atoms with Crippen molar-refractivity contribution in [1.82, 2.24) is 0 Å². The van der Waals surface area contributed by atoms with Crippen molar-refractivity contribution in [3.63, 3.8) is 0 Å². The third kappa shape index (κ3) is 3.95. The molecule has 0 aliphatic carbocycles. The van der Waals surface area contributed by atoms with Crippen LogP contribution in [-0.2, 0) is 0 Å². The third-order valence-corrected chi connectivity index (χ3v) is 2.18. The highest BCUT2D eigenvalue weighted by molar-refractivity contribution is 5.67. The van der Waals surface area contributed by atoms with Crippen LogP contribution in [0.5, 0.6) is 0 Å². The second kappa shape index (κ2) is 5.51. The van der Waals surface area contributed by atoms with Crippen molar-refractivity contribution >= 4 is 17.1 Å². The summed E-state index contributed by atoms with van der Waals surface area (Å²) in [5.74, 6) is 4.35. The number of benzene rings is 1. The van der Waals surface area contributed by atoms with E-state index < -0.39 is 43.0 Å². The summed E-state index contributed by atoms with van der Waals surface area (Å²) in [6.07, 6.45) is 0. The Balaban J connectivity index is 3.73. The van der Waals surface area contributed by atoms with Gasteiger partial charge in [0.1, 0.15) is 5.60 Å². The molecule has 110 valence electrons. The van der Waals surface area contributed by atoms with E-state index in [1.807, 2.05) is 0 Å². The summed E-state index contributed by atoms with van der Waals surface area (Å²) >= 11 is 0. The maximum atomic E-state index is 10.9. The molecule has 0 bridgehead atoms. The smallest absolute Gasteiger partial charge is 0.298 e. The standard InChI is InChI=1S/C11H9N3O7/c1-11(2,15)4-3-8-9(13(18)19)5-7(12(16)17)6-10(8)14(20)21/h5-6,15H,1-2H3. The lowest BCUT2D eigenvalue weighted by atomic mass is 10.1. The molecule has 0 atom stereocenters. The first-order valence-electron chi connectivity index (χ1n) is 5.39. The van der Waals surface area contributed by atoms with Crippen LogP contribution >= 0.6 is 0 Å². The molecular weight excluding hydrogens is 286 g/mol. The second-order valence-electron chi connectivity index (χ2n) is 4.44. The number of nitro benzene ring substituents is 3. The molecule has 0 amide bonds. The molecule has 1 rings (SSSR count). The van der Waals surface area contributed by atoms with E-state index in [1.165, 1.54) is 13.8 Å². The fraction of sp³-hybridized carbons (Fsp3) is 0.273. The number of nitrogens with zero attached hydrogens (tertiary/aromatic N) is 3. The Morgan fingerprint density at radius 2 is 1.43 bits per heavy atom. The van der Waals surface area contributed by atoms with E-state index in [2.05, 4.69) is 11.8 Å². The minimum absolute atomic E-state index is 0.585. The van der Waals surface area contributed by atoms with Crippen LogP contribution in [0.1, 0.15) is 19.4 Å². The SMILES string of the molecule is CC(C)(O)C#Cc1c([N+](=O)[O-])cc([N+](=O)[O-])cc1[N+](=O)[O-]. The van der Waals surface area contributed by atoms with Crippen LogP contribution in [-0.4, -0.2) is 25.5 Å². The van der Waals surface area contributed by atoms with Crippen LogP contribution in [0, 0.1) is 42.2 Å². The lowest BCUT2D eigenvalue weighted by molar-refractivity contribution is -0.403. The summed E-state index contributed by atoms with van der Waals surface area (Å²) in [6.45, 7) is 2.56. The Morgan fingerprint density at radius 1 is 1.00 bits per heavy atom. The zero-order chi connectivity index (χ0) is 16.4. The van der Waals surface area contributed by atoms with E-state index in [-0.39, 0.29) is 0 Å². The fourth-order valence-electron chi connectivity index (χ4n) is 1.33. The van der Waals surface area contributed by atoms with Crippen molar-refractivity contribution in [3.05, 3.63) is 48.0 Å². The van der Waals surface area contributed by atoms with Gasteiger partial charge in [-0.15, -0.1) is 0 Å². The van der Waals surface area contributed by atoms with E-state index in [9.17, 15) is 35.4 Å². The van der Waals surface area contributed by atoms with Crippen LogP contribution in [0.2, 0.25) is 0 Å². The van der Waals surface area contributed by atoms with Gasteiger partial charge < -0.3 is 5.11 Å². The third-order valence-electron chi connectivity index (χ3n) is 2.18. The van der Waals surface area contributed by atoms with Crippen LogP contribution < -0.4 is 0 Å². The summed E-state index contributed by atoms with van der Waals surface area (Å²) < 4.78 is 0. The molecule has 0 saturated heterocycles. The van der Waals surface area contributed by atoms with E-state index in [1.54, 1.807) is 0 Å². The first-order chi connectivity index (χ1) is 9.53. The van der Waals surface area contributed by atoms with Crippen molar-refractivity contribution in [2.75, 3.05) is 0 Å². The topological polar surface area (TPSA) is 150 Å². The predicted octanol–water partition coefficient (Wildman–Crippen LogP) is 1.53. The van der Waals surface area contributed by atoms with Crippen LogP contribution in [0.25, 0.3) is 0 Å². The molecule has 0 aliphatic heterocycles. The first-order valence-corrected chi connectivity index (χ1v) is 5.39. The molecule has 0 heterocycles. The molecule has 10 heteroatoms. The van der Waals surface area contributed by atoms with Gasteiger partial charge in [-0.25, -0.2) is 0 Å². The number of non-ortho nitro benzene ring substituents is 1. The molecule has 0 aromatic heterocycles. The zero-order valence-corrected chi connectivity index (χ0v) is 10.9. The quantitative estimate of drug-likeness (QED) is 0.504. The minimum atomic E-state index is -1.54. The van der Waals surface area contributed by atoms with Crippen molar-refractivity contribution in [3.8, 4) is 11.8 Å². The van der Waals surface area contributed by atoms with Gasteiger partial charge in [0, 0.05) is 0 Å². The molecular formula is C11H9N3O7. The van der Waals surface area contributed by atoms with Crippen molar-refractivity contribution < 1.29 is 19.9 Å². The van der Waals surface area contributed by atoms with E-state index >= 15 is 0 Å². The van der Waals surface area contributed by atoms with Gasteiger partial charge in [-0.05, 0) is 19.8 Å². The maximum Gasteiger partial charge on any atom is 0.298 e. The van der Waals surface area contributed by atoms with E-state index in [0.717, 1.165) is 0 Å². The van der Waals surface area contributed by atoms with Crippen molar-refractivity contribution in [2.24, 2.45) is 0 Å². The van der Waals surface area contributed by atoms with E-state index in [0.29, 0.717) is 12.1 Å². The molecule has 0 fully saturated rings. The van der Waals surface area contributed by atoms with Crippen LogP contribution in [0.3, 0.4) is 0 Å². The summed E-state index contributed by atoms with van der Waals surface area (Å²) in [5, 5.41) is 42.0. The van der Waals surface area contributed by atoms with Gasteiger partial charge in [-0.2, -0.15) is 0 Å². The fourth-order valence-corrected chi connectivity index (χ4v) is 1.33. The second-order valence-corrected chi connectivity index (χ2v) is 4.44. The number of rotatable bonds is 3. The molecule has 10 nitrogen and oxygen atoms in total. The molecule has 0 aliphatic rings. The molecule has 1 N–H and O–H groups in total. The van der Waals surface area contributed by atoms with Crippen LogP contribution in [0.15, 0.2) is 12.1 Å². The molecule has 21 heavy (non-hydrogen) atoms. The minimum Gasteiger partial charge on any atom is -0.378 e.